The minimum Gasteiger partial charge on any atom is -0.484 e. The Morgan fingerprint density at radius 1 is 0.921 bits per heavy atom. The molecule has 6 heteroatoms. The van der Waals surface area contributed by atoms with Crippen LogP contribution in [0, 0.1) is 12.8 Å². The third kappa shape index (κ3) is 9.40. The first-order valence-electron chi connectivity index (χ1n) is 13.8. The summed E-state index contributed by atoms with van der Waals surface area (Å²) in [5.74, 6) is 0.881. The lowest BCUT2D eigenvalue weighted by Gasteiger charge is -2.28. The van der Waals surface area contributed by atoms with Gasteiger partial charge in [0.25, 0.3) is 5.91 Å². The van der Waals surface area contributed by atoms with Gasteiger partial charge in [0.1, 0.15) is 5.75 Å². The first-order valence-corrected chi connectivity index (χ1v) is 13.8. The van der Waals surface area contributed by atoms with Gasteiger partial charge in [0.05, 0.1) is 13.1 Å². The number of amides is 2. The molecule has 1 heterocycles. The Morgan fingerprint density at radius 3 is 2.42 bits per heavy atom. The van der Waals surface area contributed by atoms with Crippen LogP contribution in [0.15, 0.2) is 72.9 Å². The van der Waals surface area contributed by atoms with E-state index in [0.717, 1.165) is 31.5 Å². The molecular weight excluding hydrogens is 474 g/mol. The van der Waals surface area contributed by atoms with Crippen LogP contribution in [0.5, 0.6) is 5.75 Å². The Kier molecular flexibility index (Phi) is 11.5. The number of hydrogen-bond donors (Lipinski definition) is 0. The number of aryl methyl sites for hydroxylation is 1. The zero-order chi connectivity index (χ0) is 27.3. The van der Waals surface area contributed by atoms with E-state index in [1.54, 1.807) is 4.90 Å². The van der Waals surface area contributed by atoms with Crippen LogP contribution in [-0.2, 0) is 22.7 Å². The molecule has 0 atom stereocenters. The van der Waals surface area contributed by atoms with Crippen molar-refractivity contribution in [2.24, 2.45) is 5.92 Å². The van der Waals surface area contributed by atoms with Gasteiger partial charge in [-0.25, -0.2) is 0 Å². The van der Waals surface area contributed by atoms with Crippen molar-refractivity contribution in [2.45, 2.75) is 60.0 Å². The summed E-state index contributed by atoms with van der Waals surface area (Å²) in [7, 11) is 0. The van der Waals surface area contributed by atoms with E-state index in [4.69, 9.17) is 4.74 Å². The number of carbonyl (C=O) groups is 2. The summed E-state index contributed by atoms with van der Waals surface area (Å²) in [6.45, 7) is 10.9. The standard InChI is InChI=1S/C32H43N3O3/c1-5-6-18-34(23-29-14-11-19-33(29)22-28-13-10-12-27(4)21-28)31(36)24-35(20-17-26(2)3)32(37)25-38-30-15-8-7-9-16-30/h7-16,19,21,26H,5-6,17-18,20,22-25H2,1-4H3. The van der Waals surface area contributed by atoms with Crippen LogP contribution in [0.4, 0.5) is 0 Å². The summed E-state index contributed by atoms with van der Waals surface area (Å²) in [5, 5.41) is 0. The van der Waals surface area contributed by atoms with E-state index in [2.05, 4.69) is 68.8 Å². The molecule has 0 unspecified atom stereocenters. The van der Waals surface area contributed by atoms with Crippen molar-refractivity contribution in [3.8, 4) is 5.75 Å². The first kappa shape index (κ1) is 29.0. The van der Waals surface area contributed by atoms with Gasteiger partial charge in [-0.2, -0.15) is 0 Å². The van der Waals surface area contributed by atoms with Gasteiger partial charge in [-0.05, 0) is 55.5 Å². The van der Waals surface area contributed by atoms with Crippen molar-refractivity contribution in [1.82, 2.24) is 14.4 Å². The molecule has 0 radical (unpaired) electrons. The molecule has 1 aromatic heterocycles. The van der Waals surface area contributed by atoms with E-state index in [1.807, 2.05) is 41.3 Å². The fraction of sp³-hybridized carbons (Fsp3) is 0.438. The second-order valence-electron chi connectivity index (χ2n) is 10.4. The molecule has 0 spiro atoms. The van der Waals surface area contributed by atoms with Gasteiger partial charge in [-0.1, -0.05) is 75.2 Å². The lowest BCUT2D eigenvalue weighted by atomic mass is 10.1. The molecule has 3 aromatic rings. The Balaban J connectivity index is 1.70. The van der Waals surface area contributed by atoms with Gasteiger partial charge in [-0.15, -0.1) is 0 Å². The molecule has 0 aliphatic carbocycles. The predicted octanol–water partition coefficient (Wildman–Crippen LogP) is 5.93. The normalized spacial score (nSPS) is 11.0. The number of aromatic nitrogens is 1. The maximum atomic E-state index is 13.6. The average Bonchev–Trinajstić information content (AvgIpc) is 3.34. The first-order chi connectivity index (χ1) is 18.4. The van der Waals surface area contributed by atoms with E-state index in [1.165, 1.54) is 11.1 Å². The molecule has 38 heavy (non-hydrogen) atoms. The average molecular weight is 518 g/mol. The number of rotatable bonds is 15. The van der Waals surface area contributed by atoms with Gasteiger partial charge in [-0.3, -0.25) is 9.59 Å². The van der Waals surface area contributed by atoms with Crippen molar-refractivity contribution < 1.29 is 14.3 Å². The fourth-order valence-electron chi connectivity index (χ4n) is 4.31. The maximum absolute atomic E-state index is 13.6. The number of benzene rings is 2. The molecule has 0 saturated carbocycles. The van der Waals surface area contributed by atoms with Crippen LogP contribution >= 0.6 is 0 Å². The minimum atomic E-state index is -0.166. The maximum Gasteiger partial charge on any atom is 0.260 e. The molecule has 2 aromatic carbocycles. The van der Waals surface area contributed by atoms with Crippen LogP contribution in [0.1, 0.15) is 56.9 Å². The third-order valence-electron chi connectivity index (χ3n) is 6.61. The zero-order valence-electron chi connectivity index (χ0n) is 23.4. The SMILES string of the molecule is CCCCN(Cc1cccn1Cc1cccc(C)c1)C(=O)CN(CCC(C)C)C(=O)COc1ccccc1. The Morgan fingerprint density at radius 2 is 1.71 bits per heavy atom. The summed E-state index contributed by atoms with van der Waals surface area (Å²) in [4.78, 5) is 30.3. The number of ether oxygens (including phenoxy) is 1. The molecule has 204 valence electrons. The second-order valence-corrected chi connectivity index (χ2v) is 10.4. The molecule has 0 N–H and O–H groups in total. The summed E-state index contributed by atoms with van der Waals surface area (Å²) in [6, 6.07) is 21.9. The minimum absolute atomic E-state index is 0.0291. The van der Waals surface area contributed by atoms with Crippen LogP contribution in [0.3, 0.4) is 0 Å². The molecule has 2 amide bonds. The third-order valence-corrected chi connectivity index (χ3v) is 6.61. The molecule has 0 fully saturated rings. The summed E-state index contributed by atoms with van der Waals surface area (Å²) in [6.07, 6.45) is 4.81. The molecule has 0 bridgehead atoms. The molecular formula is C32H43N3O3. The van der Waals surface area contributed by atoms with Gasteiger partial charge in [0, 0.05) is 31.5 Å². The topological polar surface area (TPSA) is 54.8 Å². The fourth-order valence-corrected chi connectivity index (χ4v) is 4.31. The predicted molar refractivity (Wildman–Crippen MR) is 153 cm³/mol. The van der Waals surface area contributed by atoms with Crippen LogP contribution < -0.4 is 4.74 Å². The highest BCUT2D eigenvalue weighted by Gasteiger charge is 2.23. The second kappa shape index (κ2) is 15.0. The van der Waals surface area contributed by atoms with Crippen molar-refractivity contribution in [1.29, 1.82) is 0 Å². The monoisotopic (exact) mass is 517 g/mol. The number of unbranched alkanes of at least 4 members (excludes halogenated alkanes) is 1. The molecule has 0 aliphatic heterocycles. The Labute approximate surface area is 228 Å². The van der Waals surface area contributed by atoms with Crippen molar-refractivity contribution in [2.75, 3.05) is 26.2 Å². The van der Waals surface area contributed by atoms with E-state index < -0.39 is 0 Å². The lowest BCUT2D eigenvalue weighted by molar-refractivity contribution is -0.142. The molecule has 3 rings (SSSR count). The number of para-hydroxylation sites is 1. The van der Waals surface area contributed by atoms with E-state index in [9.17, 15) is 9.59 Å². The highest BCUT2D eigenvalue weighted by Crippen LogP contribution is 2.14. The van der Waals surface area contributed by atoms with Crippen LogP contribution in [-0.4, -0.2) is 52.4 Å². The Hall–Kier alpha value is -3.54. The van der Waals surface area contributed by atoms with E-state index in [0.29, 0.717) is 31.3 Å². The van der Waals surface area contributed by atoms with Gasteiger partial charge in [0.2, 0.25) is 5.91 Å². The van der Waals surface area contributed by atoms with Crippen molar-refractivity contribution in [3.05, 3.63) is 89.7 Å². The number of carbonyl (C=O) groups excluding carboxylic acids is 2. The van der Waals surface area contributed by atoms with Crippen molar-refractivity contribution >= 4 is 11.8 Å². The highest BCUT2D eigenvalue weighted by molar-refractivity contribution is 5.85. The van der Waals surface area contributed by atoms with E-state index >= 15 is 0 Å². The molecule has 0 aliphatic rings. The molecule has 6 nitrogen and oxygen atoms in total. The van der Waals surface area contributed by atoms with Crippen LogP contribution in [0.2, 0.25) is 0 Å². The lowest BCUT2D eigenvalue weighted by Crippen LogP contribution is -2.45. The number of hydrogen-bond acceptors (Lipinski definition) is 3. The Bertz CT molecular complexity index is 1140. The van der Waals surface area contributed by atoms with Crippen molar-refractivity contribution in [3.63, 3.8) is 0 Å². The largest absolute Gasteiger partial charge is 0.484 e. The van der Waals surface area contributed by atoms with Gasteiger partial charge >= 0.3 is 0 Å². The highest BCUT2D eigenvalue weighted by atomic mass is 16.5. The molecule has 0 saturated heterocycles. The summed E-state index contributed by atoms with van der Waals surface area (Å²) < 4.78 is 7.91. The van der Waals surface area contributed by atoms with Crippen LogP contribution in [0.25, 0.3) is 0 Å². The van der Waals surface area contributed by atoms with Gasteiger partial charge in [0.15, 0.2) is 6.61 Å². The zero-order valence-corrected chi connectivity index (χ0v) is 23.4. The quantitative estimate of drug-likeness (QED) is 0.251. The van der Waals surface area contributed by atoms with Gasteiger partial charge < -0.3 is 19.1 Å². The van der Waals surface area contributed by atoms with E-state index in [-0.39, 0.29) is 25.0 Å². The summed E-state index contributed by atoms with van der Waals surface area (Å²) in [5.41, 5.74) is 3.56. The smallest absolute Gasteiger partial charge is 0.260 e. The summed E-state index contributed by atoms with van der Waals surface area (Å²) >= 11 is 0. The number of nitrogens with zero attached hydrogens (tertiary/aromatic N) is 3.